The zero-order valence-electron chi connectivity index (χ0n) is 18.6. The molecule has 0 saturated heterocycles. The van der Waals surface area contributed by atoms with E-state index in [1.54, 1.807) is 0 Å². The number of hydrogen-bond acceptors (Lipinski definition) is 5. The van der Waals surface area contributed by atoms with E-state index in [2.05, 4.69) is 39.9 Å². The molecule has 0 fully saturated rings. The quantitative estimate of drug-likeness (QED) is 0.611. The molecule has 0 radical (unpaired) electrons. The standard InChI is InChI=1S/C23H28N6O2/c1-14(2)18-6-8-19(9-7-18)23-26-28-29(27-23)13-21(31)24-12-20(30)25-22-16(4)10-15(3)11-17(22)5/h6-11,14H,12-13H2,1-5H3,(H,24,31)(H,25,30). The SMILES string of the molecule is Cc1cc(C)c(NC(=O)CNC(=O)Cn2nnc(-c3ccc(C(C)C)cc3)n2)c(C)c1. The van der Waals surface area contributed by atoms with Gasteiger partial charge in [0.05, 0.1) is 6.54 Å². The zero-order valence-corrected chi connectivity index (χ0v) is 18.6. The summed E-state index contributed by atoms with van der Waals surface area (Å²) in [6.45, 7) is 9.90. The molecule has 0 aliphatic heterocycles. The van der Waals surface area contributed by atoms with Crippen LogP contribution in [0, 0.1) is 20.8 Å². The molecule has 0 aliphatic carbocycles. The fourth-order valence-corrected chi connectivity index (χ4v) is 3.37. The minimum Gasteiger partial charge on any atom is -0.345 e. The number of carbonyl (C=O) groups excluding carboxylic acids is 2. The predicted molar refractivity (Wildman–Crippen MR) is 120 cm³/mol. The highest BCUT2D eigenvalue weighted by atomic mass is 16.2. The van der Waals surface area contributed by atoms with Crippen LogP contribution in [0.25, 0.3) is 11.4 Å². The molecule has 31 heavy (non-hydrogen) atoms. The van der Waals surface area contributed by atoms with E-state index in [1.807, 2.05) is 57.2 Å². The van der Waals surface area contributed by atoms with Crippen molar-refractivity contribution in [3.63, 3.8) is 0 Å². The number of aryl methyl sites for hydroxylation is 3. The Morgan fingerprint density at radius 3 is 2.26 bits per heavy atom. The summed E-state index contributed by atoms with van der Waals surface area (Å²) in [5, 5.41) is 17.6. The molecule has 1 aromatic heterocycles. The first-order valence-corrected chi connectivity index (χ1v) is 10.3. The van der Waals surface area contributed by atoms with Gasteiger partial charge in [0, 0.05) is 11.3 Å². The van der Waals surface area contributed by atoms with Crippen molar-refractivity contribution in [3.05, 3.63) is 58.7 Å². The van der Waals surface area contributed by atoms with E-state index < -0.39 is 0 Å². The van der Waals surface area contributed by atoms with Crippen LogP contribution in [0.3, 0.4) is 0 Å². The smallest absolute Gasteiger partial charge is 0.244 e. The Balaban J connectivity index is 1.53. The van der Waals surface area contributed by atoms with Crippen molar-refractivity contribution in [1.82, 2.24) is 25.5 Å². The molecule has 2 aromatic carbocycles. The van der Waals surface area contributed by atoms with Gasteiger partial charge in [0.1, 0.15) is 6.54 Å². The lowest BCUT2D eigenvalue weighted by atomic mass is 10.0. The molecule has 0 atom stereocenters. The predicted octanol–water partition coefficient (Wildman–Crippen LogP) is 3.14. The second-order valence-corrected chi connectivity index (χ2v) is 8.02. The summed E-state index contributed by atoms with van der Waals surface area (Å²) < 4.78 is 0. The molecule has 0 unspecified atom stereocenters. The number of amides is 2. The van der Waals surface area contributed by atoms with Crippen molar-refractivity contribution in [2.75, 3.05) is 11.9 Å². The summed E-state index contributed by atoms with van der Waals surface area (Å²) in [6, 6.07) is 12.0. The van der Waals surface area contributed by atoms with Crippen molar-refractivity contribution in [3.8, 4) is 11.4 Å². The summed E-state index contributed by atoms with van der Waals surface area (Å²) in [7, 11) is 0. The average molecular weight is 421 g/mol. The molecule has 0 saturated carbocycles. The van der Waals surface area contributed by atoms with E-state index in [0.29, 0.717) is 11.7 Å². The molecule has 0 bridgehead atoms. The summed E-state index contributed by atoms with van der Waals surface area (Å²) in [6.07, 6.45) is 0. The first-order chi connectivity index (χ1) is 14.7. The van der Waals surface area contributed by atoms with Crippen LogP contribution in [0.4, 0.5) is 5.69 Å². The van der Waals surface area contributed by atoms with E-state index in [9.17, 15) is 9.59 Å². The summed E-state index contributed by atoms with van der Waals surface area (Å²) >= 11 is 0. The monoisotopic (exact) mass is 420 g/mol. The van der Waals surface area contributed by atoms with Crippen LogP contribution < -0.4 is 10.6 Å². The molecular weight excluding hydrogens is 392 g/mol. The maximum Gasteiger partial charge on any atom is 0.244 e. The normalized spacial score (nSPS) is 10.9. The maximum absolute atomic E-state index is 12.2. The molecule has 0 aliphatic rings. The van der Waals surface area contributed by atoms with Gasteiger partial charge in [-0.25, -0.2) is 0 Å². The summed E-state index contributed by atoms with van der Waals surface area (Å²) in [5.74, 6) is 0.232. The summed E-state index contributed by atoms with van der Waals surface area (Å²) in [4.78, 5) is 25.7. The van der Waals surface area contributed by atoms with Crippen LogP contribution in [0.5, 0.6) is 0 Å². The maximum atomic E-state index is 12.2. The first-order valence-electron chi connectivity index (χ1n) is 10.3. The number of nitrogens with one attached hydrogen (secondary N) is 2. The van der Waals surface area contributed by atoms with E-state index in [-0.39, 0.29) is 24.9 Å². The fourth-order valence-electron chi connectivity index (χ4n) is 3.37. The average Bonchev–Trinajstić information content (AvgIpc) is 3.17. The van der Waals surface area contributed by atoms with Crippen LogP contribution in [-0.2, 0) is 16.1 Å². The molecule has 8 nitrogen and oxygen atoms in total. The second-order valence-electron chi connectivity index (χ2n) is 8.02. The van der Waals surface area contributed by atoms with Gasteiger partial charge in [0.15, 0.2) is 0 Å². The number of aromatic nitrogens is 4. The van der Waals surface area contributed by atoms with Crippen molar-refractivity contribution in [2.45, 2.75) is 47.1 Å². The Kier molecular flexibility index (Phi) is 6.79. The molecule has 1 heterocycles. The number of hydrogen-bond donors (Lipinski definition) is 2. The largest absolute Gasteiger partial charge is 0.345 e. The number of anilines is 1. The van der Waals surface area contributed by atoms with Crippen molar-refractivity contribution in [1.29, 1.82) is 0 Å². The molecule has 8 heteroatoms. The molecule has 0 spiro atoms. The van der Waals surface area contributed by atoms with Gasteiger partial charge in [-0.15, -0.1) is 10.2 Å². The highest BCUT2D eigenvalue weighted by molar-refractivity contribution is 5.95. The van der Waals surface area contributed by atoms with Crippen LogP contribution >= 0.6 is 0 Å². The van der Waals surface area contributed by atoms with Crippen LogP contribution in [0.1, 0.15) is 42.0 Å². The Morgan fingerprint density at radius 1 is 1.00 bits per heavy atom. The summed E-state index contributed by atoms with van der Waals surface area (Å²) in [5.41, 5.74) is 5.94. The van der Waals surface area contributed by atoms with Crippen molar-refractivity contribution >= 4 is 17.5 Å². The number of tetrazole rings is 1. The lowest BCUT2D eigenvalue weighted by molar-refractivity contribution is -0.124. The van der Waals surface area contributed by atoms with Gasteiger partial charge in [-0.2, -0.15) is 4.80 Å². The Morgan fingerprint density at radius 2 is 1.65 bits per heavy atom. The van der Waals surface area contributed by atoms with Gasteiger partial charge >= 0.3 is 0 Å². The van der Waals surface area contributed by atoms with E-state index in [4.69, 9.17) is 0 Å². The van der Waals surface area contributed by atoms with Gasteiger partial charge in [0.2, 0.25) is 17.6 Å². The van der Waals surface area contributed by atoms with Gasteiger partial charge in [-0.05, 0) is 48.6 Å². The number of rotatable bonds is 7. The van der Waals surface area contributed by atoms with Crippen LogP contribution in [-0.4, -0.2) is 38.6 Å². The molecule has 162 valence electrons. The zero-order chi connectivity index (χ0) is 22.5. The van der Waals surface area contributed by atoms with E-state index in [0.717, 1.165) is 27.9 Å². The number of nitrogens with zero attached hydrogens (tertiary/aromatic N) is 4. The van der Waals surface area contributed by atoms with E-state index in [1.165, 1.54) is 10.4 Å². The highest BCUT2D eigenvalue weighted by Crippen LogP contribution is 2.22. The Labute approximate surface area is 182 Å². The first kappa shape index (κ1) is 22.1. The van der Waals surface area contributed by atoms with Crippen LogP contribution in [0.15, 0.2) is 36.4 Å². The van der Waals surface area contributed by atoms with Gasteiger partial charge in [-0.1, -0.05) is 55.8 Å². The number of carbonyl (C=O) groups is 2. The number of benzene rings is 2. The third kappa shape index (κ3) is 5.75. The van der Waals surface area contributed by atoms with Crippen LogP contribution in [0.2, 0.25) is 0 Å². The molecular formula is C23H28N6O2. The van der Waals surface area contributed by atoms with Crippen molar-refractivity contribution in [2.24, 2.45) is 0 Å². The highest BCUT2D eigenvalue weighted by Gasteiger charge is 2.12. The molecule has 2 N–H and O–H groups in total. The molecule has 2 amide bonds. The van der Waals surface area contributed by atoms with Crippen molar-refractivity contribution < 1.29 is 9.59 Å². The van der Waals surface area contributed by atoms with Gasteiger partial charge < -0.3 is 10.6 Å². The minimum atomic E-state index is -0.369. The second kappa shape index (κ2) is 9.51. The van der Waals surface area contributed by atoms with Gasteiger partial charge in [0.25, 0.3) is 0 Å². The Hall–Kier alpha value is -3.55. The van der Waals surface area contributed by atoms with Gasteiger partial charge in [-0.3, -0.25) is 9.59 Å². The fraction of sp³-hybridized carbons (Fsp3) is 0.348. The third-order valence-corrected chi connectivity index (χ3v) is 4.96. The Bertz CT molecular complexity index is 1060. The lowest BCUT2D eigenvalue weighted by Gasteiger charge is -2.13. The molecule has 3 rings (SSSR count). The molecule has 3 aromatic rings. The minimum absolute atomic E-state index is 0.118. The third-order valence-electron chi connectivity index (χ3n) is 4.96. The lowest BCUT2D eigenvalue weighted by Crippen LogP contribution is -2.35. The van der Waals surface area contributed by atoms with E-state index >= 15 is 0 Å². The topological polar surface area (TPSA) is 102 Å².